The van der Waals surface area contributed by atoms with Crippen molar-refractivity contribution in [2.24, 2.45) is 0 Å². The number of nitrogens with zero attached hydrogens (tertiary/aromatic N) is 2. The minimum absolute atomic E-state index is 0.138. The van der Waals surface area contributed by atoms with E-state index in [9.17, 15) is 0 Å². The van der Waals surface area contributed by atoms with Crippen molar-refractivity contribution in [3.05, 3.63) is 11.7 Å². The predicted octanol–water partition coefficient (Wildman–Crippen LogP) is 1.25. The van der Waals surface area contributed by atoms with Gasteiger partial charge in [0.25, 0.3) is 0 Å². The number of fused-ring (bicyclic) bond motifs is 2. The second-order valence-electron chi connectivity index (χ2n) is 5.19. The molecule has 1 aromatic heterocycles. The highest BCUT2D eigenvalue weighted by Crippen LogP contribution is 2.39. The molecule has 2 aliphatic rings. The average Bonchev–Trinajstić information content (AvgIpc) is 3.03. The summed E-state index contributed by atoms with van der Waals surface area (Å²) in [5.41, 5.74) is 0. The Morgan fingerprint density at radius 2 is 2.41 bits per heavy atom. The van der Waals surface area contributed by atoms with Gasteiger partial charge in [-0.25, -0.2) is 0 Å². The van der Waals surface area contributed by atoms with Gasteiger partial charge in [-0.15, -0.1) is 0 Å². The van der Waals surface area contributed by atoms with E-state index in [2.05, 4.69) is 15.5 Å². The van der Waals surface area contributed by atoms with Gasteiger partial charge >= 0.3 is 0 Å². The van der Waals surface area contributed by atoms with Gasteiger partial charge in [-0.3, -0.25) is 0 Å². The van der Waals surface area contributed by atoms with Crippen molar-refractivity contribution in [1.29, 1.82) is 0 Å². The minimum atomic E-state index is 0.138. The van der Waals surface area contributed by atoms with Gasteiger partial charge in [0, 0.05) is 25.6 Å². The van der Waals surface area contributed by atoms with Gasteiger partial charge in [0.15, 0.2) is 5.82 Å². The van der Waals surface area contributed by atoms with Crippen LogP contribution in [0, 0.1) is 0 Å². The summed E-state index contributed by atoms with van der Waals surface area (Å²) in [5, 5.41) is 7.62. The van der Waals surface area contributed by atoms with E-state index in [1.807, 2.05) is 6.92 Å². The number of nitrogens with one attached hydrogen (secondary N) is 1. The number of rotatable bonds is 4. The fraction of sp³-hybridized carbons (Fsp3) is 0.833. The molecule has 3 rings (SSSR count). The van der Waals surface area contributed by atoms with Crippen molar-refractivity contribution >= 4 is 0 Å². The second kappa shape index (κ2) is 4.38. The van der Waals surface area contributed by atoms with Crippen LogP contribution in [0.25, 0.3) is 0 Å². The zero-order chi connectivity index (χ0) is 11.8. The molecule has 1 N–H and O–H groups in total. The highest BCUT2D eigenvalue weighted by Gasteiger charge is 2.42. The fourth-order valence-electron chi connectivity index (χ4n) is 2.94. The smallest absolute Gasteiger partial charge is 0.231 e. The Morgan fingerprint density at radius 3 is 3.06 bits per heavy atom. The van der Waals surface area contributed by atoms with Crippen LogP contribution in [-0.2, 0) is 11.2 Å². The van der Waals surface area contributed by atoms with Crippen LogP contribution < -0.4 is 5.32 Å². The fourth-order valence-corrected chi connectivity index (χ4v) is 2.94. The first-order valence-corrected chi connectivity index (χ1v) is 6.37. The molecule has 2 fully saturated rings. The Hall–Kier alpha value is -0.940. The van der Waals surface area contributed by atoms with Crippen molar-refractivity contribution in [3.63, 3.8) is 0 Å². The number of aromatic nitrogens is 2. The van der Waals surface area contributed by atoms with Gasteiger partial charge in [0.05, 0.1) is 12.0 Å². The summed E-state index contributed by atoms with van der Waals surface area (Å²) < 4.78 is 10.6. The summed E-state index contributed by atoms with van der Waals surface area (Å²) in [4.78, 5) is 4.50. The first-order valence-electron chi connectivity index (χ1n) is 6.37. The molecule has 17 heavy (non-hydrogen) atoms. The van der Waals surface area contributed by atoms with E-state index in [4.69, 9.17) is 9.26 Å². The number of hydrogen-bond donors (Lipinski definition) is 1. The standard InChI is InChI=1S/C12H19N3O2/c1-7(16-2)5-11-14-12(17-15-11)9-6-8-3-4-10(9)13-8/h7-10,13H,3-6H2,1-2H3. The Balaban J connectivity index is 1.68. The SMILES string of the molecule is COC(C)Cc1noc(C2CC3CCC2N3)n1. The molecule has 0 saturated carbocycles. The minimum Gasteiger partial charge on any atom is -0.381 e. The zero-order valence-electron chi connectivity index (χ0n) is 10.3. The van der Waals surface area contributed by atoms with Crippen molar-refractivity contribution in [1.82, 2.24) is 15.5 Å². The van der Waals surface area contributed by atoms with Crippen molar-refractivity contribution < 1.29 is 9.26 Å². The summed E-state index contributed by atoms with van der Waals surface area (Å²) in [6.07, 6.45) is 4.53. The van der Waals surface area contributed by atoms with Crippen LogP contribution in [0.15, 0.2) is 4.52 Å². The van der Waals surface area contributed by atoms with Gasteiger partial charge in [0.1, 0.15) is 0 Å². The quantitative estimate of drug-likeness (QED) is 0.854. The summed E-state index contributed by atoms with van der Waals surface area (Å²) in [6, 6.07) is 1.21. The summed E-state index contributed by atoms with van der Waals surface area (Å²) in [6.45, 7) is 2.01. The van der Waals surface area contributed by atoms with Gasteiger partial charge in [-0.2, -0.15) is 4.98 Å². The van der Waals surface area contributed by atoms with Gasteiger partial charge in [0.2, 0.25) is 5.89 Å². The molecule has 0 spiro atoms. The molecular weight excluding hydrogens is 218 g/mol. The first-order chi connectivity index (χ1) is 8.26. The first kappa shape index (κ1) is 11.2. The molecule has 0 aromatic carbocycles. The van der Waals surface area contributed by atoms with Gasteiger partial charge in [-0.1, -0.05) is 5.16 Å². The highest BCUT2D eigenvalue weighted by atomic mass is 16.5. The third kappa shape index (κ3) is 2.09. The molecule has 5 heteroatoms. The van der Waals surface area contributed by atoms with Crippen molar-refractivity contribution in [3.8, 4) is 0 Å². The molecular formula is C12H19N3O2. The lowest BCUT2D eigenvalue weighted by Gasteiger charge is -2.15. The van der Waals surface area contributed by atoms with E-state index < -0.39 is 0 Å². The summed E-state index contributed by atoms with van der Waals surface area (Å²) >= 11 is 0. The molecule has 94 valence electrons. The highest BCUT2D eigenvalue weighted by molar-refractivity contribution is 5.10. The maximum atomic E-state index is 5.39. The molecule has 2 bridgehead atoms. The maximum Gasteiger partial charge on any atom is 0.231 e. The van der Waals surface area contributed by atoms with Crippen molar-refractivity contribution in [2.75, 3.05) is 7.11 Å². The number of methoxy groups -OCH3 is 1. The molecule has 0 aliphatic carbocycles. The molecule has 1 aromatic rings. The molecule has 2 aliphatic heterocycles. The van der Waals surface area contributed by atoms with Crippen LogP contribution in [-0.4, -0.2) is 35.4 Å². The topological polar surface area (TPSA) is 60.2 Å². The monoisotopic (exact) mass is 237 g/mol. The Labute approximate surface area is 101 Å². The van der Waals surface area contributed by atoms with Crippen LogP contribution in [0.5, 0.6) is 0 Å². The van der Waals surface area contributed by atoms with Crippen LogP contribution in [0.1, 0.15) is 43.8 Å². The molecule has 0 amide bonds. The lowest BCUT2D eigenvalue weighted by atomic mass is 9.89. The third-order valence-corrected chi connectivity index (χ3v) is 3.97. The van der Waals surface area contributed by atoms with Crippen LogP contribution >= 0.6 is 0 Å². The number of ether oxygens (including phenoxy) is 1. The van der Waals surface area contributed by atoms with E-state index in [1.54, 1.807) is 7.11 Å². The van der Waals surface area contributed by atoms with Crippen LogP contribution in [0.3, 0.4) is 0 Å². The maximum absolute atomic E-state index is 5.39. The van der Waals surface area contributed by atoms with E-state index in [-0.39, 0.29) is 6.10 Å². The average molecular weight is 237 g/mol. The normalized spacial score (nSPS) is 33.2. The zero-order valence-corrected chi connectivity index (χ0v) is 10.3. The molecule has 2 saturated heterocycles. The molecule has 0 radical (unpaired) electrons. The molecule has 4 atom stereocenters. The van der Waals surface area contributed by atoms with E-state index in [0.29, 0.717) is 24.4 Å². The molecule has 5 nitrogen and oxygen atoms in total. The van der Waals surface area contributed by atoms with Crippen LogP contribution in [0.4, 0.5) is 0 Å². The van der Waals surface area contributed by atoms with E-state index >= 15 is 0 Å². The number of hydrogen-bond acceptors (Lipinski definition) is 5. The Morgan fingerprint density at radius 1 is 1.53 bits per heavy atom. The summed E-state index contributed by atoms with van der Waals surface area (Å²) in [7, 11) is 1.70. The second-order valence-corrected chi connectivity index (χ2v) is 5.19. The van der Waals surface area contributed by atoms with Crippen molar-refractivity contribution in [2.45, 2.75) is 56.7 Å². The summed E-state index contributed by atoms with van der Waals surface area (Å²) in [5.74, 6) is 1.99. The largest absolute Gasteiger partial charge is 0.381 e. The van der Waals surface area contributed by atoms with Gasteiger partial charge in [-0.05, 0) is 26.2 Å². The van der Waals surface area contributed by atoms with Gasteiger partial charge < -0.3 is 14.6 Å². The Kier molecular flexibility index (Phi) is 2.88. The van der Waals surface area contributed by atoms with Crippen LogP contribution in [0.2, 0.25) is 0 Å². The predicted molar refractivity (Wildman–Crippen MR) is 61.8 cm³/mol. The lowest BCUT2D eigenvalue weighted by Crippen LogP contribution is -2.21. The third-order valence-electron chi connectivity index (χ3n) is 3.97. The Bertz CT molecular complexity index is 393. The molecule has 4 unspecified atom stereocenters. The van der Waals surface area contributed by atoms with E-state index in [1.165, 1.54) is 12.8 Å². The van der Waals surface area contributed by atoms with E-state index in [0.717, 1.165) is 18.1 Å². The molecule has 3 heterocycles. The lowest BCUT2D eigenvalue weighted by molar-refractivity contribution is 0.116.